The highest BCUT2D eigenvalue weighted by molar-refractivity contribution is 5.79. The monoisotopic (exact) mass is 300 g/mol. The molecular weight excluding hydrogens is 272 g/mol. The molecule has 1 unspecified atom stereocenters. The molecule has 3 heteroatoms. The molecule has 3 rings (SSSR count). The van der Waals surface area contributed by atoms with Gasteiger partial charge in [0.1, 0.15) is 0 Å². The van der Waals surface area contributed by atoms with Crippen LogP contribution in [0.4, 0.5) is 0 Å². The summed E-state index contributed by atoms with van der Waals surface area (Å²) in [5.74, 6) is 0.708. The van der Waals surface area contributed by atoms with Gasteiger partial charge in [0.05, 0.1) is 0 Å². The van der Waals surface area contributed by atoms with Crippen molar-refractivity contribution in [3.63, 3.8) is 0 Å². The molecular formula is C19H28N2O. The average Bonchev–Trinajstić information content (AvgIpc) is 3.04. The lowest BCUT2D eigenvalue weighted by Gasteiger charge is -2.31. The standard InChI is InChI=1S/C19H28N2O/c22-19(17-11-13-20-14-12-17)21-15-5-10-18(21)9-4-8-16-6-2-1-3-7-16/h1-3,6-7,17-18,20H,4-5,8-15H2. The zero-order valence-electron chi connectivity index (χ0n) is 13.5. The van der Waals surface area contributed by atoms with Crippen LogP contribution < -0.4 is 5.32 Å². The minimum atomic E-state index is 0.274. The molecule has 1 aromatic carbocycles. The number of rotatable bonds is 5. The average molecular weight is 300 g/mol. The fourth-order valence-electron chi connectivity index (χ4n) is 3.92. The van der Waals surface area contributed by atoms with Gasteiger partial charge in [-0.15, -0.1) is 0 Å². The molecule has 120 valence electrons. The van der Waals surface area contributed by atoms with Gasteiger partial charge in [-0.25, -0.2) is 0 Å². The van der Waals surface area contributed by atoms with E-state index >= 15 is 0 Å². The number of carbonyl (C=O) groups is 1. The largest absolute Gasteiger partial charge is 0.339 e. The molecule has 0 saturated carbocycles. The number of benzene rings is 1. The van der Waals surface area contributed by atoms with E-state index < -0.39 is 0 Å². The van der Waals surface area contributed by atoms with E-state index in [0.29, 0.717) is 11.9 Å². The lowest BCUT2D eigenvalue weighted by Crippen LogP contribution is -2.43. The van der Waals surface area contributed by atoms with Crippen molar-refractivity contribution in [2.75, 3.05) is 19.6 Å². The maximum Gasteiger partial charge on any atom is 0.226 e. The Bertz CT molecular complexity index is 468. The minimum Gasteiger partial charge on any atom is -0.339 e. The highest BCUT2D eigenvalue weighted by Crippen LogP contribution is 2.26. The molecule has 22 heavy (non-hydrogen) atoms. The summed E-state index contributed by atoms with van der Waals surface area (Å²) in [4.78, 5) is 15.0. The summed E-state index contributed by atoms with van der Waals surface area (Å²) in [5.41, 5.74) is 1.41. The lowest BCUT2D eigenvalue weighted by atomic mass is 9.95. The molecule has 0 spiro atoms. The third kappa shape index (κ3) is 3.89. The Hall–Kier alpha value is -1.35. The number of nitrogens with one attached hydrogen (secondary N) is 1. The third-order valence-electron chi connectivity index (χ3n) is 5.19. The molecule has 2 fully saturated rings. The fourth-order valence-corrected chi connectivity index (χ4v) is 3.92. The smallest absolute Gasteiger partial charge is 0.226 e. The molecule has 1 aromatic rings. The molecule has 3 nitrogen and oxygen atoms in total. The fraction of sp³-hybridized carbons (Fsp3) is 0.632. The van der Waals surface area contributed by atoms with E-state index in [-0.39, 0.29) is 5.92 Å². The van der Waals surface area contributed by atoms with Crippen molar-refractivity contribution in [2.24, 2.45) is 5.92 Å². The summed E-state index contributed by atoms with van der Waals surface area (Å²) in [6.45, 7) is 2.99. The Morgan fingerprint density at radius 1 is 1.14 bits per heavy atom. The zero-order valence-corrected chi connectivity index (χ0v) is 13.5. The van der Waals surface area contributed by atoms with Gasteiger partial charge < -0.3 is 10.2 Å². The van der Waals surface area contributed by atoms with Gasteiger partial charge in [-0.2, -0.15) is 0 Å². The van der Waals surface area contributed by atoms with Gasteiger partial charge in [0.2, 0.25) is 5.91 Å². The maximum atomic E-state index is 12.7. The molecule has 2 saturated heterocycles. The van der Waals surface area contributed by atoms with Gasteiger partial charge in [0.15, 0.2) is 0 Å². The molecule has 1 amide bonds. The maximum absolute atomic E-state index is 12.7. The van der Waals surface area contributed by atoms with Crippen LogP contribution in [0.15, 0.2) is 30.3 Å². The van der Waals surface area contributed by atoms with Gasteiger partial charge in [-0.05, 0) is 63.6 Å². The summed E-state index contributed by atoms with van der Waals surface area (Å²) in [6.07, 6.45) is 7.90. The Morgan fingerprint density at radius 3 is 2.68 bits per heavy atom. The zero-order chi connectivity index (χ0) is 15.2. The third-order valence-corrected chi connectivity index (χ3v) is 5.19. The van der Waals surface area contributed by atoms with Crippen molar-refractivity contribution < 1.29 is 4.79 Å². The lowest BCUT2D eigenvalue weighted by molar-refractivity contribution is -0.137. The molecule has 1 atom stereocenters. The predicted molar refractivity (Wildman–Crippen MR) is 89.7 cm³/mol. The molecule has 2 aliphatic heterocycles. The van der Waals surface area contributed by atoms with Gasteiger partial charge in [-0.3, -0.25) is 4.79 Å². The van der Waals surface area contributed by atoms with Crippen molar-refractivity contribution in [1.82, 2.24) is 10.2 Å². The van der Waals surface area contributed by atoms with Crippen LogP contribution in [0.5, 0.6) is 0 Å². The van der Waals surface area contributed by atoms with Crippen molar-refractivity contribution in [1.29, 1.82) is 0 Å². The number of nitrogens with zero attached hydrogens (tertiary/aromatic N) is 1. The molecule has 2 aliphatic rings. The van der Waals surface area contributed by atoms with Crippen LogP contribution in [0, 0.1) is 5.92 Å². The van der Waals surface area contributed by atoms with E-state index in [1.54, 1.807) is 0 Å². The van der Waals surface area contributed by atoms with Crippen LogP contribution in [0.3, 0.4) is 0 Å². The normalized spacial score (nSPS) is 22.9. The van der Waals surface area contributed by atoms with Crippen LogP contribution in [-0.4, -0.2) is 36.5 Å². The van der Waals surface area contributed by atoms with E-state index in [0.717, 1.165) is 45.3 Å². The van der Waals surface area contributed by atoms with E-state index in [1.165, 1.54) is 24.8 Å². The number of piperidine rings is 1. The molecule has 0 aliphatic carbocycles. The van der Waals surface area contributed by atoms with Gasteiger partial charge in [0.25, 0.3) is 0 Å². The van der Waals surface area contributed by atoms with Crippen molar-refractivity contribution >= 4 is 5.91 Å². The molecule has 0 radical (unpaired) electrons. The first-order chi connectivity index (χ1) is 10.8. The summed E-state index contributed by atoms with van der Waals surface area (Å²) in [5, 5.41) is 3.35. The van der Waals surface area contributed by atoms with Gasteiger partial charge in [-0.1, -0.05) is 30.3 Å². The number of likely N-dealkylation sites (tertiary alicyclic amines) is 1. The van der Waals surface area contributed by atoms with Gasteiger partial charge in [0, 0.05) is 18.5 Å². The number of hydrogen-bond acceptors (Lipinski definition) is 2. The second kappa shape index (κ2) is 7.77. The molecule has 0 bridgehead atoms. The number of hydrogen-bond donors (Lipinski definition) is 1. The Kier molecular flexibility index (Phi) is 5.49. The van der Waals surface area contributed by atoms with E-state index in [2.05, 4.69) is 40.5 Å². The SMILES string of the molecule is O=C(C1CCNCC1)N1CCCC1CCCc1ccccc1. The summed E-state index contributed by atoms with van der Waals surface area (Å²) in [6, 6.07) is 11.2. The van der Waals surface area contributed by atoms with Crippen LogP contribution in [0.2, 0.25) is 0 Å². The topological polar surface area (TPSA) is 32.3 Å². The Morgan fingerprint density at radius 2 is 1.91 bits per heavy atom. The van der Waals surface area contributed by atoms with Crippen LogP contribution in [0.1, 0.15) is 44.1 Å². The number of amides is 1. The highest BCUT2D eigenvalue weighted by atomic mass is 16.2. The highest BCUT2D eigenvalue weighted by Gasteiger charge is 2.33. The summed E-state index contributed by atoms with van der Waals surface area (Å²) < 4.78 is 0. The number of carbonyl (C=O) groups excluding carboxylic acids is 1. The van der Waals surface area contributed by atoms with Crippen molar-refractivity contribution in [3.8, 4) is 0 Å². The van der Waals surface area contributed by atoms with E-state index in [1.807, 2.05) is 0 Å². The number of aryl methyl sites for hydroxylation is 1. The van der Waals surface area contributed by atoms with Crippen LogP contribution >= 0.6 is 0 Å². The van der Waals surface area contributed by atoms with Crippen LogP contribution in [-0.2, 0) is 11.2 Å². The van der Waals surface area contributed by atoms with Crippen molar-refractivity contribution in [3.05, 3.63) is 35.9 Å². The van der Waals surface area contributed by atoms with E-state index in [9.17, 15) is 4.79 Å². The van der Waals surface area contributed by atoms with E-state index in [4.69, 9.17) is 0 Å². The summed E-state index contributed by atoms with van der Waals surface area (Å²) in [7, 11) is 0. The summed E-state index contributed by atoms with van der Waals surface area (Å²) >= 11 is 0. The Balaban J connectivity index is 1.48. The quantitative estimate of drug-likeness (QED) is 0.906. The second-order valence-corrected chi connectivity index (χ2v) is 6.73. The van der Waals surface area contributed by atoms with Gasteiger partial charge >= 0.3 is 0 Å². The molecule has 1 N–H and O–H groups in total. The molecule has 2 heterocycles. The Labute approximate surface area is 134 Å². The van der Waals surface area contributed by atoms with Crippen molar-refractivity contribution in [2.45, 2.75) is 51.0 Å². The predicted octanol–water partition coefficient (Wildman–Crippen LogP) is 3.00. The molecule has 0 aromatic heterocycles. The first kappa shape index (κ1) is 15.5. The first-order valence-corrected chi connectivity index (χ1v) is 8.90. The van der Waals surface area contributed by atoms with Crippen LogP contribution in [0.25, 0.3) is 0 Å². The minimum absolute atomic E-state index is 0.274. The second-order valence-electron chi connectivity index (χ2n) is 6.73. The first-order valence-electron chi connectivity index (χ1n) is 8.90.